The van der Waals surface area contributed by atoms with Gasteiger partial charge >= 0.3 is 0 Å². The van der Waals surface area contributed by atoms with Gasteiger partial charge in [0.1, 0.15) is 0 Å². The van der Waals surface area contributed by atoms with E-state index in [9.17, 15) is 5.11 Å². The van der Waals surface area contributed by atoms with Crippen molar-refractivity contribution < 1.29 is 5.11 Å². The molecule has 0 radical (unpaired) electrons. The molecule has 1 heterocycles. The zero-order valence-corrected chi connectivity index (χ0v) is 9.42. The first-order chi connectivity index (χ1) is 6.68. The summed E-state index contributed by atoms with van der Waals surface area (Å²) in [6.07, 6.45) is 5.28. The number of aromatic nitrogens is 1. The summed E-state index contributed by atoms with van der Waals surface area (Å²) in [6.45, 7) is 1.78. The van der Waals surface area contributed by atoms with Gasteiger partial charge in [0.05, 0.1) is 11.0 Å². The zero-order valence-electron chi connectivity index (χ0n) is 8.60. The molecule has 1 unspecified atom stereocenters. The summed E-state index contributed by atoms with van der Waals surface area (Å²) >= 11 is 1.59. The van der Waals surface area contributed by atoms with Crippen LogP contribution in [0.5, 0.6) is 0 Å². The summed E-state index contributed by atoms with van der Waals surface area (Å²) in [5, 5.41) is 10.4. The predicted octanol–water partition coefficient (Wildman–Crippen LogP) is 2.19. The van der Waals surface area contributed by atoms with Gasteiger partial charge in [-0.15, -0.1) is 0 Å². The van der Waals surface area contributed by atoms with Crippen LogP contribution in [0.3, 0.4) is 0 Å². The van der Waals surface area contributed by atoms with Crippen LogP contribution >= 0.6 is 11.3 Å². The molecule has 2 rings (SSSR count). The molecule has 0 aromatic carbocycles. The molecule has 1 aliphatic carbocycles. The molecule has 1 fully saturated rings. The highest BCUT2D eigenvalue weighted by atomic mass is 32.1. The minimum absolute atomic E-state index is 0.393. The van der Waals surface area contributed by atoms with Crippen LogP contribution in [0.25, 0.3) is 0 Å². The molecule has 0 saturated heterocycles. The average molecular weight is 212 g/mol. The second-order valence-electron chi connectivity index (χ2n) is 3.92. The smallest absolute Gasteiger partial charge is 0.185 e. The Balaban J connectivity index is 2.07. The van der Waals surface area contributed by atoms with Crippen LogP contribution in [0.2, 0.25) is 0 Å². The first-order valence-corrected chi connectivity index (χ1v) is 5.86. The fraction of sp³-hybridized carbons (Fsp3) is 0.700. The molecule has 0 amide bonds. The first kappa shape index (κ1) is 9.93. The van der Waals surface area contributed by atoms with Crippen molar-refractivity contribution >= 4 is 16.5 Å². The molecule has 1 aliphatic rings. The number of aliphatic hydroxyl groups is 1. The Morgan fingerprint density at radius 3 is 2.79 bits per heavy atom. The Kier molecular flexibility index (Phi) is 2.74. The van der Waals surface area contributed by atoms with Crippen LogP contribution < -0.4 is 4.90 Å². The second-order valence-corrected chi connectivity index (χ2v) is 4.96. The lowest BCUT2D eigenvalue weighted by atomic mass is 9.92. The van der Waals surface area contributed by atoms with E-state index in [0.717, 1.165) is 10.0 Å². The Hall–Kier alpha value is -0.610. The number of anilines is 1. The van der Waals surface area contributed by atoms with E-state index in [0.29, 0.717) is 6.04 Å². The number of hydrogen-bond acceptors (Lipinski definition) is 4. The highest BCUT2D eigenvalue weighted by Crippen LogP contribution is 2.32. The summed E-state index contributed by atoms with van der Waals surface area (Å²) < 4.78 is 0. The van der Waals surface area contributed by atoms with E-state index in [-0.39, 0.29) is 0 Å². The molecule has 4 heteroatoms. The molecule has 14 heavy (non-hydrogen) atoms. The summed E-state index contributed by atoms with van der Waals surface area (Å²) in [5.41, 5.74) is 0. The van der Waals surface area contributed by atoms with Gasteiger partial charge in [-0.2, -0.15) is 0 Å². The largest absolute Gasteiger partial charge is 0.388 e. The molecule has 1 aromatic heterocycles. The molecule has 1 aromatic rings. The van der Waals surface area contributed by atoms with Crippen molar-refractivity contribution in [2.45, 2.75) is 38.3 Å². The number of rotatable bonds is 3. The normalized spacial score (nSPS) is 19.1. The minimum Gasteiger partial charge on any atom is -0.388 e. The molecule has 0 bridgehead atoms. The third-order valence-corrected chi connectivity index (χ3v) is 4.11. The maximum Gasteiger partial charge on any atom is 0.185 e. The van der Waals surface area contributed by atoms with Crippen molar-refractivity contribution in [3.63, 3.8) is 0 Å². The van der Waals surface area contributed by atoms with Gasteiger partial charge < -0.3 is 10.0 Å². The summed E-state index contributed by atoms with van der Waals surface area (Å²) in [5.74, 6) is 0. The molecular formula is C10H16N2OS. The van der Waals surface area contributed by atoms with Crippen molar-refractivity contribution in [1.29, 1.82) is 0 Å². The first-order valence-electron chi connectivity index (χ1n) is 5.05. The van der Waals surface area contributed by atoms with E-state index in [1.54, 1.807) is 24.5 Å². The van der Waals surface area contributed by atoms with Crippen molar-refractivity contribution in [2.24, 2.45) is 0 Å². The molecular weight excluding hydrogens is 196 g/mol. The van der Waals surface area contributed by atoms with Gasteiger partial charge in [0.15, 0.2) is 5.13 Å². The topological polar surface area (TPSA) is 36.4 Å². The molecule has 1 saturated carbocycles. The zero-order chi connectivity index (χ0) is 10.1. The number of thiazole rings is 1. The van der Waals surface area contributed by atoms with E-state index in [1.807, 2.05) is 0 Å². The van der Waals surface area contributed by atoms with E-state index in [1.165, 1.54) is 19.3 Å². The van der Waals surface area contributed by atoms with Gasteiger partial charge in [0.25, 0.3) is 0 Å². The third-order valence-electron chi connectivity index (χ3n) is 2.85. The SMILES string of the molecule is CC(O)c1cnc(N(C)C2CCC2)s1. The summed E-state index contributed by atoms with van der Waals surface area (Å²) in [7, 11) is 2.09. The third kappa shape index (κ3) is 1.77. The minimum atomic E-state index is -0.393. The lowest BCUT2D eigenvalue weighted by Gasteiger charge is -2.34. The quantitative estimate of drug-likeness (QED) is 0.834. The standard InChI is InChI=1S/C10H16N2OS/c1-7(13)9-6-11-10(14-9)12(2)8-4-3-5-8/h6-8,13H,3-5H2,1-2H3. The van der Waals surface area contributed by atoms with Gasteiger partial charge in [-0.05, 0) is 26.2 Å². The number of aliphatic hydroxyl groups excluding tert-OH is 1. The van der Waals surface area contributed by atoms with E-state index in [2.05, 4.69) is 16.9 Å². The maximum absolute atomic E-state index is 9.38. The van der Waals surface area contributed by atoms with Crippen LogP contribution in [0.4, 0.5) is 5.13 Å². The Bertz CT molecular complexity index is 307. The van der Waals surface area contributed by atoms with Crippen LogP contribution in [0.1, 0.15) is 37.2 Å². The Morgan fingerprint density at radius 1 is 1.64 bits per heavy atom. The highest BCUT2D eigenvalue weighted by Gasteiger charge is 2.24. The second kappa shape index (κ2) is 3.87. The average Bonchev–Trinajstić information content (AvgIpc) is 2.48. The molecule has 1 atom stereocenters. The lowest BCUT2D eigenvalue weighted by molar-refractivity contribution is 0.203. The van der Waals surface area contributed by atoms with Gasteiger partial charge in [0.2, 0.25) is 0 Å². The van der Waals surface area contributed by atoms with Gasteiger partial charge in [-0.3, -0.25) is 0 Å². The highest BCUT2D eigenvalue weighted by molar-refractivity contribution is 7.15. The van der Waals surface area contributed by atoms with Crippen molar-refractivity contribution in [1.82, 2.24) is 4.98 Å². The fourth-order valence-corrected chi connectivity index (χ4v) is 2.45. The summed E-state index contributed by atoms with van der Waals surface area (Å²) in [4.78, 5) is 7.51. The molecule has 3 nitrogen and oxygen atoms in total. The summed E-state index contributed by atoms with van der Waals surface area (Å²) in [6, 6.07) is 0.669. The predicted molar refractivity (Wildman–Crippen MR) is 58.8 cm³/mol. The monoisotopic (exact) mass is 212 g/mol. The Labute approximate surface area is 88.4 Å². The van der Waals surface area contributed by atoms with Crippen LogP contribution in [0.15, 0.2) is 6.20 Å². The van der Waals surface area contributed by atoms with E-state index >= 15 is 0 Å². The van der Waals surface area contributed by atoms with Gasteiger partial charge in [0, 0.05) is 19.3 Å². The molecule has 1 N–H and O–H groups in total. The van der Waals surface area contributed by atoms with Gasteiger partial charge in [-0.25, -0.2) is 4.98 Å². The maximum atomic E-state index is 9.38. The van der Waals surface area contributed by atoms with Crippen LogP contribution in [-0.4, -0.2) is 23.2 Å². The molecule has 0 aliphatic heterocycles. The molecule has 78 valence electrons. The van der Waals surface area contributed by atoms with Crippen molar-refractivity contribution in [3.8, 4) is 0 Å². The van der Waals surface area contributed by atoms with E-state index in [4.69, 9.17) is 0 Å². The van der Waals surface area contributed by atoms with Crippen LogP contribution in [-0.2, 0) is 0 Å². The van der Waals surface area contributed by atoms with Crippen molar-refractivity contribution in [2.75, 3.05) is 11.9 Å². The van der Waals surface area contributed by atoms with Crippen LogP contribution in [0, 0.1) is 0 Å². The lowest BCUT2D eigenvalue weighted by Crippen LogP contribution is -2.36. The molecule has 0 spiro atoms. The van der Waals surface area contributed by atoms with E-state index < -0.39 is 6.10 Å². The fourth-order valence-electron chi connectivity index (χ4n) is 1.56. The number of nitrogens with zero attached hydrogens (tertiary/aromatic N) is 2. The van der Waals surface area contributed by atoms with Gasteiger partial charge in [-0.1, -0.05) is 11.3 Å². The number of hydrogen-bond donors (Lipinski definition) is 1. The Morgan fingerprint density at radius 2 is 2.36 bits per heavy atom. The van der Waals surface area contributed by atoms with Crippen molar-refractivity contribution in [3.05, 3.63) is 11.1 Å².